The van der Waals surface area contributed by atoms with Gasteiger partial charge in [0, 0.05) is 10.6 Å². The van der Waals surface area contributed by atoms with Crippen molar-refractivity contribution >= 4 is 23.4 Å². The number of carbonyl (C=O) groups excluding carboxylic acids is 1. The number of halogens is 2. The molecular formula is C18H21F2NOS. The summed E-state index contributed by atoms with van der Waals surface area (Å²) in [5, 5.41) is 2.95. The Labute approximate surface area is 139 Å². The van der Waals surface area contributed by atoms with Crippen LogP contribution in [0.2, 0.25) is 0 Å². The lowest BCUT2D eigenvalue weighted by Gasteiger charge is -2.37. The van der Waals surface area contributed by atoms with Crippen molar-refractivity contribution in [3.05, 3.63) is 36.4 Å². The molecule has 2 bridgehead atoms. The van der Waals surface area contributed by atoms with E-state index in [0.717, 1.165) is 24.8 Å². The van der Waals surface area contributed by atoms with Crippen molar-refractivity contribution < 1.29 is 13.6 Å². The van der Waals surface area contributed by atoms with Gasteiger partial charge in [-0.3, -0.25) is 4.79 Å². The van der Waals surface area contributed by atoms with Gasteiger partial charge in [0.2, 0.25) is 5.91 Å². The second-order valence-electron chi connectivity index (χ2n) is 7.08. The molecule has 1 N–H and O–H groups in total. The van der Waals surface area contributed by atoms with E-state index in [1.54, 1.807) is 24.3 Å². The van der Waals surface area contributed by atoms with Gasteiger partial charge in [-0.1, -0.05) is 37.8 Å². The van der Waals surface area contributed by atoms with Gasteiger partial charge in [-0.05, 0) is 54.9 Å². The van der Waals surface area contributed by atoms with Gasteiger partial charge < -0.3 is 5.32 Å². The number of rotatable bonds is 4. The van der Waals surface area contributed by atoms with Gasteiger partial charge >= 0.3 is 0 Å². The minimum atomic E-state index is -2.44. The molecular weight excluding hydrogens is 316 g/mol. The molecule has 2 aliphatic carbocycles. The highest BCUT2D eigenvalue weighted by atomic mass is 32.2. The fraction of sp³-hybridized carbons (Fsp3) is 0.500. The van der Waals surface area contributed by atoms with Gasteiger partial charge in [-0.15, -0.1) is 0 Å². The SMILES string of the molecule is C=C1C(C)(C)[C@@H]2CC[C@@]1(C(=O)Nc1ccc(SC(F)F)cc1)C2. The molecule has 1 aromatic rings. The normalized spacial score (nSPS) is 28.4. The highest BCUT2D eigenvalue weighted by Gasteiger charge is 2.60. The van der Waals surface area contributed by atoms with Crippen LogP contribution in [0.1, 0.15) is 33.1 Å². The lowest BCUT2D eigenvalue weighted by Crippen LogP contribution is -2.37. The highest BCUT2D eigenvalue weighted by Crippen LogP contribution is 2.65. The number of carbonyl (C=O) groups is 1. The molecule has 2 fully saturated rings. The third kappa shape index (κ3) is 2.69. The molecule has 1 aromatic carbocycles. The fourth-order valence-corrected chi connectivity index (χ4v) is 4.61. The largest absolute Gasteiger partial charge is 0.325 e. The highest BCUT2D eigenvalue weighted by molar-refractivity contribution is 7.99. The first-order valence-corrected chi connectivity index (χ1v) is 8.70. The number of benzene rings is 1. The van der Waals surface area contributed by atoms with Crippen LogP contribution in [0.3, 0.4) is 0 Å². The molecule has 3 rings (SSSR count). The van der Waals surface area contributed by atoms with Gasteiger partial charge in [0.25, 0.3) is 5.76 Å². The number of hydrogen-bond donors (Lipinski definition) is 1. The monoisotopic (exact) mass is 337 g/mol. The number of hydrogen-bond acceptors (Lipinski definition) is 2. The summed E-state index contributed by atoms with van der Waals surface area (Å²) in [5.41, 5.74) is 1.21. The van der Waals surface area contributed by atoms with Crippen LogP contribution < -0.4 is 5.32 Å². The summed E-state index contributed by atoms with van der Waals surface area (Å²) in [4.78, 5) is 13.3. The zero-order valence-corrected chi connectivity index (χ0v) is 14.2. The van der Waals surface area contributed by atoms with E-state index in [-0.39, 0.29) is 11.3 Å². The van der Waals surface area contributed by atoms with Crippen LogP contribution in [0.15, 0.2) is 41.3 Å². The van der Waals surface area contributed by atoms with Crippen LogP contribution in [0.4, 0.5) is 14.5 Å². The zero-order chi connectivity index (χ0) is 16.8. The maximum absolute atomic E-state index is 12.9. The van der Waals surface area contributed by atoms with Crippen molar-refractivity contribution in [2.45, 2.75) is 43.8 Å². The van der Waals surface area contributed by atoms with Crippen molar-refractivity contribution in [3.63, 3.8) is 0 Å². The Morgan fingerprint density at radius 3 is 2.52 bits per heavy atom. The standard InChI is InChI=1S/C18H21F2NOS/c1-11-17(2,3)12-8-9-18(11,10-12)15(22)21-13-4-6-14(7-5-13)23-16(19)20/h4-7,12,16H,1,8-10H2,2-3H3,(H,21,22)/t12-,18-/m1/s1. The van der Waals surface area contributed by atoms with Gasteiger partial charge in [0.15, 0.2) is 0 Å². The van der Waals surface area contributed by atoms with Crippen LogP contribution >= 0.6 is 11.8 Å². The summed E-state index contributed by atoms with van der Waals surface area (Å²) in [7, 11) is 0. The Morgan fingerprint density at radius 2 is 2.00 bits per heavy atom. The Hall–Kier alpha value is -1.36. The van der Waals surface area contributed by atoms with E-state index in [1.807, 2.05) is 0 Å². The Balaban J connectivity index is 1.74. The van der Waals surface area contributed by atoms with Crippen LogP contribution in [-0.4, -0.2) is 11.7 Å². The molecule has 0 aromatic heterocycles. The van der Waals surface area contributed by atoms with Gasteiger partial charge in [-0.2, -0.15) is 8.78 Å². The number of thioether (sulfide) groups is 1. The second kappa shape index (κ2) is 5.62. The van der Waals surface area contributed by atoms with Crippen molar-refractivity contribution in [2.75, 3.05) is 5.32 Å². The molecule has 0 aliphatic heterocycles. The van der Waals surface area contributed by atoms with Gasteiger partial charge in [-0.25, -0.2) is 0 Å². The molecule has 124 valence electrons. The van der Waals surface area contributed by atoms with Gasteiger partial charge in [0.1, 0.15) is 0 Å². The number of amides is 1. The minimum absolute atomic E-state index is 0.00729. The van der Waals surface area contributed by atoms with Crippen LogP contribution in [0.25, 0.3) is 0 Å². The lowest BCUT2D eigenvalue weighted by atomic mass is 9.68. The summed E-state index contributed by atoms with van der Waals surface area (Å²) in [6.07, 6.45) is 2.78. The first kappa shape index (κ1) is 16.5. The quantitative estimate of drug-likeness (QED) is 0.595. The number of alkyl halides is 2. The van der Waals surface area contributed by atoms with E-state index in [0.29, 0.717) is 28.3 Å². The maximum Gasteiger partial charge on any atom is 0.288 e. The molecule has 23 heavy (non-hydrogen) atoms. The van der Waals surface area contributed by atoms with E-state index in [1.165, 1.54) is 0 Å². The van der Waals surface area contributed by atoms with Crippen molar-refractivity contribution in [1.29, 1.82) is 0 Å². The minimum Gasteiger partial charge on any atom is -0.325 e. The molecule has 2 saturated carbocycles. The molecule has 0 unspecified atom stereocenters. The summed E-state index contributed by atoms with van der Waals surface area (Å²) in [6.45, 7) is 8.57. The smallest absolute Gasteiger partial charge is 0.288 e. The Morgan fingerprint density at radius 1 is 1.35 bits per heavy atom. The molecule has 0 heterocycles. The maximum atomic E-state index is 12.9. The summed E-state index contributed by atoms with van der Waals surface area (Å²) < 4.78 is 24.7. The predicted octanol–water partition coefficient (Wildman–Crippen LogP) is 5.32. The Kier molecular flexibility index (Phi) is 4.03. The molecule has 2 aliphatic rings. The molecule has 0 saturated heterocycles. The Bertz CT molecular complexity index is 641. The molecule has 0 spiro atoms. The summed E-state index contributed by atoms with van der Waals surface area (Å²) in [5.74, 6) is -1.93. The van der Waals surface area contributed by atoms with E-state index in [2.05, 4.69) is 25.7 Å². The predicted molar refractivity (Wildman–Crippen MR) is 89.6 cm³/mol. The summed E-state index contributed by atoms with van der Waals surface area (Å²) >= 11 is 0.502. The molecule has 2 atom stereocenters. The average Bonchev–Trinajstić information content (AvgIpc) is 3.01. The fourth-order valence-electron chi connectivity index (χ4n) is 4.11. The van der Waals surface area contributed by atoms with E-state index in [9.17, 15) is 13.6 Å². The van der Waals surface area contributed by atoms with Crippen LogP contribution in [0.5, 0.6) is 0 Å². The molecule has 5 heteroatoms. The number of anilines is 1. The third-order valence-corrected chi connectivity index (χ3v) is 6.39. The topological polar surface area (TPSA) is 29.1 Å². The average molecular weight is 337 g/mol. The first-order valence-electron chi connectivity index (χ1n) is 7.82. The van der Waals surface area contributed by atoms with E-state index in [4.69, 9.17) is 0 Å². The van der Waals surface area contributed by atoms with E-state index < -0.39 is 11.2 Å². The lowest BCUT2D eigenvalue weighted by molar-refractivity contribution is -0.123. The summed E-state index contributed by atoms with van der Waals surface area (Å²) in [6, 6.07) is 6.56. The molecule has 2 nitrogen and oxygen atoms in total. The second-order valence-corrected chi connectivity index (χ2v) is 8.14. The van der Waals surface area contributed by atoms with Crippen LogP contribution in [0, 0.1) is 16.7 Å². The van der Waals surface area contributed by atoms with Crippen molar-refractivity contribution in [3.8, 4) is 0 Å². The first-order chi connectivity index (χ1) is 10.8. The van der Waals surface area contributed by atoms with Crippen molar-refractivity contribution in [2.24, 2.45) is 16.7 Å². The van der Waals surface area contributed by atoms with Crippen molar-refractivity contribution in [1.82, 2.24) is 0 Å². The molecule has 0 radical (unpaired) electrons. The third-order valence-electron chi connectivity index (χ3n) is 5.66. The van der Waals surface area contributed by atoms with E-state index >= 15 is 0 Å². The zero-order valence-electron chi connectivity index (χ0n) is 13.4. The number of fused-ring (bicyclic) bond motifs is 2. The number of nitrogens with one attached hydrogen (secondary N) is 1. The van der Waals surface area contributed by atoms with Crippen LogP contribution in [-0.2, 0) is 4.79 Å². The molecule has 1 amide bonds. The van der Waals surface area contributed by atoms with Gasteiger partial charge in [0.05, 0.1) is 5.41 Å².